The number of nitrogens with zero attached hydrogens (tertiary/aromatic N) is 2. The Morgan fingerprint density at radius 1 is 1.54 bits per heavy atom. The molecule has 0 aliphatic rings. The number of rotatable bonds is 5. The molecule has 0 bridgehead atoms. The van der Waals surface area contributed by atoms with Crippen LogP contribution in [0.25, 0.3) is 0 Å². The van der Waals surface area contributed by atoms with E-state index in [0.29, 0.717) is 0 Å². The normalized spacial score (nSPS) is 13.2. The second-order valence-electron chi connectivity index (χ2n) is 3.53. The zero-order valence-corrected chi connectivity index (χ0v) is 8.53. The molecule has 1 atom stereocenters. The molecule has 0 amide bonds. The Bertz CT molecular complexity index is 242. The molecule has 0 saturated heterocycles. The molecule has 3 heteroatoms. The van der Waals surface area contributed by atoms with Crippen LogP contribution in [-0.2, 0) is 7.05 Å². The Morgan fingerprint density at radius 2 is 2.31 bits per heavy atom. The minimum absolute atomic E-state index is 0.152. The summed E-state index contributed by atoms with van der Waals surface area (Å²) in [5, 5.41) is 0. The molecule has 0 aliphatic carbocycles. The molecular weight excluding hydrogens is 162 g/mol. The van der Waals surface area contributed by atoms with Gasteiger partial charge in [0, 0.05) is 19.3 Å². The van der Waals surface area contributed by atoms with Crippen molar-refractivity contribution in [3.05, 3.63) is 18.2 Å². The van der Waals surface area contributed by atoms with E-state index in [0.717, 1.165) is 12.1 Å². The van der Waals surface area contributed by atoms with Crippen LogP contribution >= 0.6 is 0 Å². The highest BCUT2D eigenvalue weighted by Gasteiger charge is 2.08. The Morgan fingerprint density at radius 3 is 2.85 bits per heavy atom. The molecule has 0 spiro atoms. The van der Waals surface area contributed by atoms with E-state index in [9.17, 15) is 0 Å². The van der Waals surface area contributed by atoms with Crippen LogP contribution in [0.2, 0.25) is 0 Å². The fourth-order valence-corrected chi connectivity index (χ4v) is 1.49. The lowest BCUT2D eigenvalue weighted by atomic mass is 10.1. The molecule has 1 rings (SSSR count). The predicted octanol–water partition coefficient (Wildman–Crippen LogP) is 2.00. The number of hydrogen-bond acceptors (Lipinski definition) is 2. The van der Waals surface area contributed by atoms with Crippen molar-refractivity contribution in [3.8, 4) is 0 Å². The van der Waals surface area contributed by atoms with E-state index in [2.05, 4.69) is 11.9 Å². The van der Waals surface area contributed by atoms with Gasteiger partial charge in [0.1, 0.15) is 0 Å². The third-order valence-corrected chi connectivity index (χ3v) is 2.35. The summed E-state index contributed by atoms with van der Waals surface area (Å²) < 4.78 is 2.00. The topological polar surface area (TPSA) is 43.8 Å². The average Bonchev–Trinajstić information content (AvgIpc) is 2.52. The molecule has 3 nitrogen and oxygen atoms in total. The molecule has 13 heavy (non-hydrogen) atoms. The number of unbranched alkanes of at least 4 members (excludes halogenated alkanes) is 2. The molecule has 0 aromatic carbocycles. The second kappa shape index (κ2) is 5.02. The highest BCUT2D eigenvalue weighted by atomic mass is 15.0. The minimum Gasteiger partial charge on any atom is -0.336 e. The summed E-state index contributed by atoms with van der Waals surface area (Å²) in [6.07, 6.45) is 8.45. The molecule has 0 fully saturated rings. The maximum atomic E-state index is 6.02. The second-order valence-corrected chi connectivity index (χ2v) is 3.53. The number of hydrogen-bond donors (Lipinski definition) is 1. The van der Waals surface area contributed by atoms with E-state index < -0.39 is 0 Å². The Kier molecular flexibility index (Phi) is 3.96. The summed E-state index contributed by atoms with van der Waals surface area (Å²) in [7, 11) is 1.99. The molecule has 2 N–H and O–H groups in total. The van der Waals surface area contributed by atoms with Gasteiger partial charge >= 0.3 is 0 Å². The highest BCUT2D eigenvalue weighted by molar-refractivity contribution is 5.03. The zero-order chi connectivity index (χ0) is 9.68. The van der Waals surface area contributed by atoms with Gasteiger partial charge in [-0.25, -0.2) is 4.98 Å². The van der Waals surface area contributed by atoms with Crippen molar-refractivity contribution in [2.45, 2.75) is 38.6 Å². The van der Waals surface area contributed by atoms with E-state index in [1.807, 2.05) is 17.8 Å². The first-order valence-electron chi connectivity index (χ1n) is 4.97. The summed E-state index contributed by atoms with van der Waals surface area (Å²) in [4.78, 5) is 4.05. The fraction of sp³-hybridized carbons (Fsp3) is 0.700. The molecule has 74 valence electrons. The molecule has 1 aromatic heterocycles. The lowest BCUT2D eigenvalue weighted by Gasteiger charge is -2.11. The van der Waals surface area contributed by atoms with Crippen molar-refractivity contribution in [2.24, 2.45) is 12.8 Å². The van der Waals surface area contributed by atoms with Gasteiger partial charge in [0.15, 0.2) is 0 Å². The Balaban J connectivity index is 2.39. The first-order valence-corrected chi connectivity index (χ1v) is 4.97. The number of imidazole rings is 1. The number of aryl methyl sites for hydroxylation is 1. The molecular formula is C10H19N3. The van der Waals surface area contributed by atoms with Crippen molar-refractivity contribution in [2.75, 3.05) is 0 Å². The van der Waals surface area contributed by atoms with E-state index in [1.54, 1.807) is 6.33 Å². The van der Waals surface area contributed by atoms with E-state index in [-0.39, 0.29) is 6.04 Å². The van der Waals surface area contributed by atoms with E-state index in [4.69, 9.17) is 5.73 Å². The van der Waals surface area contributed by atoms with E-state index in [1.165, 1.54) is 19.3 Å². The largest absolute Gasteiger partial charge is 0.336 e. The lowest BCUT2D eigenvalue weighted by Crippen LogP contribution is -2.13. The van der Waals surface area contributed by atoms with Crippen LogP contribution in [0.1, 0.15) is 44.3 Å². The van der Waals surface area contributed by atoms with Gasteiger partial charge < -0.3 is 10.3 Å². The molecule has 0 aliphatic heterocycles. The van der Waals surface area contributed by atoms with Crippen molar-refractivity contribution in [1.82, 2.24) is 9.55 Å². The first-order chi connectivity index (χ1) is 6.25. The standard InChI is InChI=1S/C10H19N3/c1-3-4-5-6-9(11)10-7-12-8-13(10)2/h7-9H,3-6,11H2,1-2H3. The summed E-state index contributed by atoms with van der Waals surface area (Å²) in [5.41, 5.74) is 7.16. The van der Waals surface area contributed by atoms with E-state index >= 15 is 0 Å². The van der Waals surface area contributed by atoms with Crippen molar-refractivity contribution in [1.29, 1.82) is 0 Å². The third kappa shape index (κ3) is 2.84. The van der Waals surface area contributed by atoms with Crippen LogP contribution in [0.4, 0.5) is 0 Å². The fourth-order valence-electron chi connectivity index (χ4n) is 1.49. The SMILES string of the molecule is CCCCCC(N)c1cncn1C. The van der Waals surface area contributed by atoms with Gasteiger partial charge in [-0.2, -0.15) is 0 Å². The quantitative estimate of drug-likeness (QED) is 0.706. The molecule has 1 aromatic rings. The van der Waals surface area contributed by atoms with Gasteiger partial charge in [0.25, 0.3) is 0 Å². The van der Waals surface area contributed by atoms with Crippen LogP contribution in [0, 0.1) is 0 Å². The molecule has 1 heterocycles. The summed E-state index contributed by atoms with van der Waals surface area (Å²) >= 11 is 0. The zero-order valence-electron chi connectivity index (χ0n) is 8.53. The van der Waals surface area contributed by atoms with Gasteiger partial charge in [0.2, 0.25) is 0 Å². The first kappa shape index (κ1) is 10.3. The van der Waals surface area contributed by atoms with Crippen LogP contribution in [0.15, 0.2) is 12.5 Å². The van der Waals surface area contributed by atoms with Crippen molar-refractivity contribution >= 4 is 0 Å². The maximum Gasteiger partial charge on any atom is 0.0946 e. The van der Waals surface area contributed by atoms with Gasteiger partial charge in [-0.3, -0.25) is 0 Å². The Hall–Kier alpha value is -0.830. The molecule has 1 unspecified atom stereocenters. The van der Waals surface area contributed by atoms with Crippen LogP contribution in [-0.4, -0.2) is 9.55 Å². The van der Waals surface area contributed by atoms with Crippen molar-refractivity contribution in [3.63, 3.8) is 0 Å². The third-order valence-electron chi connectivity index (χ3n) is 2.35. The molecule has 0 radical (unpaired) electrons. The number of aromatic nitrogens is 2. The highest BCUT2D eigenvalue weighted by Crippen LogP contribution is 2.15. The monoisotopic (exact) mass is 181 g/mol. The maximum absolute atomic E-state index is 6.02. The van der Waals surface area contributed by atoms with Gasteiger partial charge in [-0.1, -0.05) is 26.2 Å². The number of nitrogens with two attached hydrogens (primary N) is 1. The van der Waals surface area contributed by atoms with Gasteiger partial charge in [0.05, 0.1) is 12.0 Å². The lowest BCUT2D eigenvalue weighted by molar-refractivity contribution is 0.556. The van der Waals surface area contributed by atoms with Gasteiger partial charge in [-0.05, 0) is 6.42 Å². The predicted molar refractivity (Wildman–Crippen MR) is 54.3 cm³/mol. The minimum atomic E-state index is 0.152. The summed E-state index contributed by atoms with van der Waals surface area (Å²) in [6, 6.07) is 0.152. The smallest absolute Gasteiger partial charge is 0.0946 e. The van der Waals surface area contributed by atoms with Gasteiger partial charge in [-0.15, -0.1) is 0 Å². The molecule has 0 saturated carbocycles. The Labute approximate surface area is 80.0 Å². The van der Waals surface area contributed by atoms with Crippen LogP contribution in [0.5, 0.6) is 0 Å². The summed E-state index contributed by atoms with van der Waals surface area (Å²) in [6.45, 7) is 2.20. The van der Waals surface area contributed by atoms with Crippen LogP contribution in [0.3, 0.4) is 0 Å². The van der Waals surface area contributed by atoms with Crippen LogP contribution < -0.4 is 5.73 Å². The van der Waals surface area contributed by atoms with Crippen molar-refractivity contribution < 1.29 is 0 Å². The summed E-state index contributed by atoms with van der Waals surface area (Å²) in [5.74, 6) is 0. The average molecular weight is 181 g/mol.